The number of cyclic esters (lactones) is 1. The first-order valence-corrected chi connectivity index (χ1v) is 11.4. The van der Waals surface area contributed by atoms with Crippen LogP contribution in [0.2, 0.25) is 0 Å². The second kappa shape index (κ2) is 8.09. The van der Waals surface area contributed by atoms with E-state index in [0.29, 0.717) is 34.7 Å². The molecule has 182 valence electrons. The van der Waals surface area contributed by atoms with Gasteiger partial charge in [-0.15, -0.1) is 0 Å². The third-order valence-electron chi connectivity index (χ3n) is 6.78. The van der Waals surface area contributed by atoms with Gasteiger partial charge in [0.15, 0.2) is 0 Å². The molecule has 0 radical (unpaired) electrons. The number of rotatable bonds is 5. The second-order valence-electron chi connectivity index (χ2n) is 8.87. The average molecular weight is 479 g/mol. The minimum Gasteiger partial charge on any atom is -0.457 e. The maximum atomic E-state index is 13.7. The van der Waals surface area contributed by atoms with Crippen LogP contribution in [0.15, 0.2) is 29.1 Å². The summed E-state index contributed by atoms with van der Waals surface area (Å²) in [5.74, 6) is -1.34. The molecule has 2 aliphatic rings. The number of esters is 2. The monoisotopic (exact) mass is 478 g/mol. The van der Waals surface area contributed by atoms with Crippen molar-refractivity contribution in [3.8, 4) is 11.4 Å². The molecule has 0 bridgehead atoms. The summed E-state index contributed by atoms with van der Waals surface area (Å²) >= 11 is 0. The fourth-order valence-corrected chi connectivity index (χ4v) is 5.18. The Hall–Kier alpha value is -3.92. The highest BCUT2D eigenvalue weighted by Gasteiger charge is 2.50. The molecule has 0 aliphatic carbocycles. The van der Waals surface area contributed by atoms with Crippen LogP contribution in [-0.2, 0) is 37.8 Å². The Morgan fingerprint density at radius 2 is 2.09 bits per heavy atom. The summed E-state index contributed by atoms with van der Waals surface area (Å²) < 4.78 is 12.4. The Bertz CT molecular complexity index is 1460. The molecular weight excluding hydrogens is 452 g/mol. The van der Waals surface area contributed by atoms with Gasteiger partial charge in [0.1, 0.15) is 6.61 Å². The van der Waals surface area contributed by atoms with E-state index in [4.69, 9.17) is 20.2 Å². The van der Waals surface area contributed by atoms with Gasteiger partial charge >= 0.3 is 11.9 Å². The number of aromatic nitrogens is 2. The molecular formula is C25H26N4O6. The van der Waals surface area contributed by atoms with Crippen LogP contribution < -0.4 is 16.2 Å². The first-order valence-electron chi connectivity index (χ1n) is 11.4. The number of benzene rings is 1. The van der Waals surface area contributed by atoms with Gasteiger partial charge in [-0.1, -0.05) is 6.92 Å². The number of carbonyl (C=O) groups is 2. The van der Waals surface area contributed by atoms with Gasteiger partial charge < -0.3 is 29.8 Å². The third-order valence-corrected chi connectivity index (χ3v) is 6.78. The molecule has 0 saturated carbocycles. The Morgan fingerprint density at radius 1 is 1.31 bits per heavy atom. The van der Waals surface area contributed by atoms with E-state index in [1.807, 2.05) is 24.1 Å². The number of hydrogen-bond acceptors (Lipinski definition) is 9. The van der Waals surface area contributed by atoms with Crippen LogP contribution in [0.1, 0.15) is 37.0 Å². The van der Waals surface area contributed by atoms with Crippen molar-refractivity contribution in [1.29, 1.82) is 0 Å². The molecule has 3 N–H and O–H groups in total. The average Bonchev–Trinajstić information content (AvgIpc) is 3.18. The van der Waals surface area contributed by atoms with Crippen molar-refractivity contribution in [3.63, 3.8) is 0 Å². The number of aliphatic hydroxyl groups excluding tert-OH is 1. The summed E-state index contributed by atoms with van der Waals surface area (Å²) in [6.45, 7) is 3.29. The van der Waals surface area contributed by atoms with Crippen LogP contribution in [0, 0.1) is 0 Å². The van der Waals surface area contributed by atoms with Crippen molar-refractivity contribution < 1.29 is 24.2 Å². The molecule has 0 unspecified atom stereocenters. The van der Waals surface area contributed by atoms with Gasteiger partial charge in [0.05, 0.1) is 41.3 Å². The lowest BCUT2D eigenvalue weighted by molar-refractivity contribution is -0.188. The van der Waals surface area contributed by atoms with Crippen molar-refractivity contribution in [3.05, 3.63) is 51.3 Å². The van der Waals surface area contributed by atoms with Gasteiger partial charge in [-0.25, -0.2) is 9.78 Å². The summed E-state index contributed by atoms with van der Waals surface area (Å²) in [5, 5.41) is 10.4. The lowest BCUT2D eigenvalue weighted by Gasteiger charge is -2.35. The SMILES string of the molecule is CC[C@@]1(OC(C)=O)C(=O)OCc2c1cc1n(c2=O)Cc2c-1nc1ccc(N)cc1c2N(C)CCO. The molecule has 2 aromatic heterocycles. The minimum absolute atomic E-state index is 0.0561. The van der Waals surface area contributed by atoms with Crippen LogP contribution in [0.5, 0.6) is 0 Å². The lowest BCUT2D eigenvalue weighted by atomic mass is 9.85. The first kappa shape index (κ1) is 22.9. The van der Waals surface area contributed by atoms with Crippen LogP contribution >= 0.6 is 0 Å². The molecule has 1 aromatic carbocycles. The normalized spacial score (nSPS) is 18.0. The largest absolute Gasteiger partial charge is 0.457 e. The zero-order chi connectivity index (χ0) is 25.1. The van der Waals surface area contributed by atoms with Crippen LogP contribution in [-0.4, -0.2) is 46.8 Å². The fourth-order valence-electron chi connectivity index (χ4n) is 5.18. The second-order valence-corrected chi connectivity index (χ2v) is 8.87. The highest BCUT2D eigenvalue weighted by molar-refractivity contribution is 5.99. The van der Waals surface area contributed by atoms with E-state index in [9.17, 15) is 19.5 Å². The number of hydrogen-bond donors (Lipinski definition) is 2. The van der Waals surface area contributed by atoms with E-state index < -0.39 is 17.5 Å². The molecule has 10 nitrogen and oxygen atoms in total. The van der Waals surface area contributed by atoms with E-state index in [-0.39, 0.29) is 37.3 Å². The maximum absolute atomic E-state index is 13.7. The molecule has 1 atom stereocenters. The Balaban J connectivity index is 1.82. The Morgan fingerprint density at radius 3 is 2.77 bits per heavy atom. The number of anilines is 2. The van der Waals surface area contributed by atoms with Crippen LogP contribution in [0.3, 0.4) is 0 Å². The zero-order valence-corrected chi connectivity index (χ0v) is 19.8. The van der Waals surface area contributed by atoms with E-state index in [1.54, 1.807) is 23.6 Å². The number of aliphatic hydroxyl groups is 1. The molecule has 0 fully saturated rings. The van der Waals surface area contributed by atoms with Gasteiger partial charge in [-0.05, 0) is 30.7 Å². The van der Waals surface area contributed by atoms with E-state index >= 15 is 0 Å². The predicted molar refractivity (Wildman–Crippen MR) is 129 cm³/mol. The Kier molecular flexibility index (Phi) is 5.28. The molecule has 10 heteroatoms. The molecule has 0 spiro atoms. The highest BCUT2D eigenvalue weighted by Crippen LogP contribution is 2.44. The standard InChI is InChI=1S/C25H26N4O6/c1-4-25(35-13(2)31)18-10-20-21-16(11-29(20)23(32)17(18)12-34-24(25)33)22(28(3)7-8-30)15-9-14(26)5-6-19(15)27-21/h5-6,9-10,30H,4,7-8,11-12,26H2,1-3H3/t25-/m0/s1. The summed E-state index contributed by atoms with van der Waals surface area (Å²) in [7, 11) is 1.86. The quantitative estimate of drug-likeness (QED) is 0.324. The van der Waals surface area contributed by atoms with Gasteiger partial charge in [-0.2, -0.15) is 0 Å². The van der Waals surface area contributed by atoms with Gasteiger partial charge in [-0.3, -0.25) is 9.59 Å². The molecule has 3 aromatic rings. The number of pyridine rings is 2. The van der Waals surface area contributed by atoms with Crippen molar-refractivity contribution in [2.75, 3.05) is 30.8 Å². The molecule has 2 aliphatic heterocycles. The number of ether oxygens (including phenoxy) is 2. The molecule has 0 amide bonds. The highest BCUT2D eigenvalue weighted by atomic mass is 16.6. The third kappa shape index (κ3) is 3.28. The summed E-state index contributed by atoms with van der Waals surface area (Å²) in [4.78, 5) is 45.2. The topological polar surface area (TPSA) is 137 Å². The van der Waals surface area contributed by atoms with Crippen LogP contribution in [0.4, 0.5) is 11.4 Å². The smallest absolute Gasteiger partial charge is 0.355 e. The van der Waals surface area contributed by atoms with Gasteiger partial charge in [0.25, 0.3) is 5.56 Å². The molecule has 5 rings (SSSR count). The molecule has 4 heterocycles. The number of carbonyl (C=O) groups excluding carboxylic acids is 2. The van der Waals surface area contributed by atoms with Crippen molar-refractivity contribution in [2.45, 2.75) is 39.0 Å². The zero-order valence-electron chi connectivity index (χ0n) is 19.8. The minimum atomic E-state index is -1.70. The van der Waals surface area contributed by atoms with E-state index in [1.165, 1.54) is 6.92 Å². The molecule has 35 heavy (non-hydrogen) atoms. The summed E-state index contributed by atoms with van der Waals surface area (Å²) in [6.07, 6.45) is 0.114. The predicted octanol–water partition coefficient (Wildman–Crippen LogP) is 1.66. The van der Waals surface area contributed by atoms with E-state index in [0.717, 1.165) is 16.6 Å². The molecule has 0 saturated heterocycles. The van der Waals surface area contributed by atoms with Crippen molar-refractivity contribution >= 4 is 34.2 Å². The fraction of sp³-hybridized carbons (Fsp3) is 0.360. The number of fused-ring (bicyclic) bond motifs is 5. The summed E-state index contributed by atoms with van der Waals surface area (Å²) in [5.41, 5.74) is 8.65. The Labute approximate surface area is 200 Å². The van der Waals surface area contributed by atoms with E-state index in [2.05, 4.69) is 0 Å². The van der Waals surface area contributed by atoms with Gasteiger partial charge in [0.2, 0.25) is 5.60 Å². The summed E-state index contributed by atoms with van der Waals surface area (Å²) in [6, 6.07) is 7.12. The number of nitrogen functional groups attached to an aromatic ring is 1. The van der Waals surface area contributed by atoms with Crippen molar-refractivity contribution in [2.24, 2.45) is 0 Å². The first-order chi connectivity index (χ1) is 16.7. The number of nitrogens with two attached hydrogens (primary N) is 1. The number of likely N-dealkylation sites (N-methyl/N-ethyl adjacent to an activating group) is 1. The van der Waals surface area contributed by atoms with Crippen molar-refractivity contribution in [1.82, 2.24) is 9.55 Å². The van der Waals surface area contributed by atoms with Gasteiger partial charge in [0, 0.05) is 42.7 Å². The number of nitrogens with zero attached hydrogens (tertiary/aromatic N) is 3. The lowest BCUT2D eigenvalue weighted by Crippen LogP contribution is -2.47. The maximum Gasteiger partial charge on any atom is 0.355 e. The van der Waals surface area contributed by atoms with Crippen LogP contribution in [0.25, 0.3) is 22.3 Å².